The highest BCUT2D eigenvalue weighted by atomic mass is 16.5. The van der Waals surface area contributed by atoms with Gasteiger partial charge in [-0.1, -0.05) is 12.1 Å². The van der Waals surface area contributed by atoms with Gasteiger partial charge in [0.2, 0.25) is 0 Å². The number of benzene rings is 1. The lowest BCUT2D eigenvalue weighted by molar-refractivity contribution is -0.146. The standard InChI is InChI=1S/C19H29N5O3/c1-27-17-5-3-2-4-16(17)23-12-14-24(15-13-23)19(26)18(25)21-8-11-22-9-6-20-7-10-22/h2-5,20H,6-15H2,1H3,(H,21,25). The topological polar surface area (TPSA) is 77.2 Å². The molecule has 8 nitrogen and oxygen atoms in total. The Morgan fingerprint density at radius 3 is 2.48 bits per heavy atom. The first-order valence-corrected chi connectivity index (χ1v) is 9.57. The fourth-order valence-corrected chi connectivity index (χ4v) is 3.52. The van der Waals surface area contributed by atoms with Crippen LogP contribution in [0.15, 0.2) is 24.3 Å². The molecule has 0 unspecified atom stereocenters. The van der Waals surface area contributed by atoms with Crippen molar-refractivity contribution in [3.63, 3.8) is 0 Å². The second-order valence-corrected chi connectivity index (χ2v) is 6.80. The molecule has 2 fully saturated rings. The van der Waals surface area contributed by atoms with Crippen LogP contribution in [-0.4, -0.2) is 94.2 Å². The normalized spacial score (nSPS) is 18.3. The van der Waals surface area contributed by atoms with E-state index in [1.807, 2.05) is 24.3 Å². The maximum absolute atomic E-state index is 12.4. The van der Waals surface area contributed by atoms with Crippen LogP contribution in [0.4, 0.5) is 5.69 Å². The smallest absolute Gasteiger partial charge is 0.312 e. The number of hydrogen-bond donors (Lipinski definition) is 2. The third-order valence-corrected chi connectivity index (χ3v) is 5.11. The molecule has 0 saturated carbocycles. The summed E-state index contributed by atoms with van der Waals surface area (Å²) in [7, 11) is 1.66. The van der Waals surface area contributed by atoms with Crippen LogP contribution in [-0.2, 0) is 9.59 Å². The van der Waals surface area contributed by atoms with E-state index in [0.717, 1.165) is 44.2 Å². The molecule has 2 N–H and O–H groups in total. The van der Waals surface area contributed by atoms with Crippen LogP contribution in [0.3, 0.4) is 0 Å². The number of anilines is 1. The Labute approximate surface area is 160 Å². The van der Waals surface area contributed by atoms with Crippen LogP contribution in [0.25, 0.3) is 0 Å². The van der Waals surface area contributed by atoms with Gasteiger partial charge < -0.3 is 25.2 Å². The monoisotopic (exact) mass is 375 g/mol. The van der Waals surface area contributed by atoms with Gasteiger partial charge in [0.25, 0.3) is 0 Å². The summed E-state index contributed by atoms with van der Waals surface area (Å²) in [4.78, 5) is 30.7. The minimum atomic E-state index is -0.504. The number of nitrogens with zero attached hydrogens (tertiary/aromatic N) is 3. The van der Waals surface area contributed by atoms with E-state index >= 15 is 0 Å². The Morgan fingerprint density at radius 2 is 1.78 bits per heavy atom. The van der Waals surface area contributed by atoms with Gasteiger partial charge in [0, 0.05) is 65.4 Å². The molecule has 3 rings (SSSR count). The summed E-state index contributed by atoms with van der Waals surface area (Å²) in [6, 6.07) is 7.85. The third-order valence-electron chi connectivity index (χ3n) is 5.11. The van der Waals surface area contributed by atoms with Crippen molar-refractivity contribution in [2.75, 3.05) is 77.5 Å². The summed E-state index contributed by atoms with van der Waals surface area (Å²) in [5, 5.41) is 6.06. The lowest BCUT2D eigenvalue weighted by atomic mass is 10.2. The molecule has 0 bridgehead atoms. The largest absolute Gasteiger partial charge is 0.495 e. The number of methoxy groups -OCH3 is 1. The Bertz CT molecular complexity index is 640. The van der Waals surface area contributed by atoms with Gasteiger partial charge in [0.1, 0.15) is 5.75 Å². The minimum Gasteiger partial charge on any atom is -0.495 e. The van der Waals surface area contributed by atoms with Crippen molar-refractivity contribution >= 4 is 17.5 Å². The van der Waals surface area contributed by atoms with Crippen molar-refractivity contribution < 1.29 is 14.3 Å². The lowest BCUT2D eigenvalue weighted by Crippen LogP contribution is -2.53. The number of ether oxygens (including phenoxy) is 1. The average Bonchev–Trinajstić information content (AvgIpc) is 2.74. The van der Waals surface area contributed by atoms with Gasteiger partial charge in [-0.25, -0.2) is 0 Å². The van der Waals surface area contributed by atoms with Crippen LogP contribution in [0.1, 0.15) is 0 Å². The number of amides is 2. The van der Waals surface area contributed by atoms with Crippen LogP contribution >= 0.6 is 0 Å². The predicted molar refractivity (Wildman–Crippen MR) is 104 cm³/mol. The van der Waals surface area contributed by atoms with E-state index in [1.165, 1.54) is 0 Å². The summed E-state index contributed by atoms with van der Waals surface area (Å²) >= 11 is 0. The molecule has 2 aliphatic heterocycles. The van der Waals surface area contributed by atoms with Gasteiger partial charge in [-0.05, 0) is 12.1 Å². The molecule has 0 aliphatic carbocycles. The van der Waals surface area contributed by atoms with Crippen molar-refractivity contribution in [1.29, 1.82) is 0 Å². The van der Waals surface area contributed by atoms with Gasteiger partial charge in [0.05, 0.1) is 12.8 Å². The fraction of sp³-hybridized carbons (Fsp3) is 0.579. The SMILES string of the molecule is COc1ccccc1N1CCN(C(=O)C(=O)NCCN2CCNCC2)CC1. The van der Waals surface area contributed by atoms with Crippen molar-refractivity contribution in [2.45, 2.75) is 0 Å². The molecule has 0 spiro atoms. The van der Waals surface area contributed by atoms with Crippen molar-refractivity contribution in [2.24, 2.45) is 0 Å². The van der Waals surface area contributed by atoms with Gasteiger partial charge in [0.15, 0.2) is 0 Å². The number of nitrogens with one attached hydrogen (secondary N) is 2. The number of carbonyl (C=O) groups is 2. The van der Waals surface area contributed by atoms with E-state index in [2.05, 4.69) is 20.4 Å². The van der Waals surface area contributed by atoms with Crippen molar-refractivity contribution in [3.05, 3.63) is 24.3 Å². The number of rotatable bonds is 5. The first-order chi connectivity index (χ1) is 13.2. The van der Waals surface area contributed by atoms with Gasteiger partial charge >= 0.3 is 11.8 Å². The summed E-state index contributed by atoms with van der Waals surface area (Å²) in [5.74, 6) is -0.117. The minimum absolute atomic E-state index is 0.435. The fourth-order valence-electron chi connectivity index (χ4n) is 3.52. The molecular formula is C19H29N5O3. The zero-order valence-corrected chi connectivity index (χ0v) is 15.9. The van der Waals surface area contributed by atoms with Crippen LogP contribution < -0.4 is 20.3 Å². The lowest BCUT2D eigenvalue weighted by Gasteiger charge is -2.36. The molecule has 1 aromatic rings. The van der Waals surface area contributed by atoms with Gasteiger partial charge in [-0.3, -0.25) is 14.5 Å². The Hall–Kier alpha value is -2.32. The molecule has 0 atom stereocenters. The highest BCUT2D eigenvalue weighted by Gasteiger charge is 2.26. The Morgan fingerprint density at radius 1 is 1.07 bits per heavy atom. The summed E-state index contributed by atoms with van der Waals surface area (Å²) < 4.78 is 5.41. The molecule has 148 valence electrons. The number of hydrogen-bond acceptors (Lipinski definition) is 6. The zero-order valence-electron chi connectivity index (χ0n) is 15.9. The van der Waals surface area contributed by atoms with Gasteiger partial charge in [-0.2, -0.15) is 0 Å². The highest BCUT2D eigenvalue weighted by Crippen LogP contribution is 2.28. The molecule has 8 heteroatoms. The molecule has 27 heavy (non-hydrogen) atoms. The van der Waals surface area contributed by atoms with Crippen LogP contribution in [0.5, 0.6) is 5.75 Å². The molecule has 1 aromatic carbocycles. The van der Waals surface area contributed by atoms with E-state index in [0.29, 0.717) is 32.7 Å². The molecular weight excluding hydrogens is 346 g/mol. The summed E-state index contributed by atoms with van der Waals surface area (Å²) in [5.41, 5.74) is 1.02. The second kappa shape index (κ2) is 9.57. The molecule has 0 aromatic heterocycles. The third kappa shape index (κ3) is 5.11. The predicted octanol–water partition coefficient (Wildman–Crippen LogP) is -0.635. The molecule has 2 amide bonds. The molecule has 2 saturated heterocycles. The average molecular weight is 375 g/mol. The Kier molecular flexibility index (Phi) is 6.89. The summed E-state index contributed by atoms with van der Waals surface area (Å²) in [6.07, 6.45) is 0. The number of piperazine rings is 2. The quantitative estimate of drug-likeness (QED) is 0.667. The van der Waals surface area contributed by atoms with Crippen molar-refractivity contribution in [3.8, 4) is 5.75 Å². The first kappa shape index (κ1) is 19.4. The van der Waals surface area contributed by atoms with Crippen LogP contribution in [0.2, 0.25) is 0 Å². The van der Waals surface area contributed by atoms with E-state index < -0.39 is 11.8 Å². The highest BCUT2D eigenvalue weighted by molar-refractivity contribution is 6.35. The number of para-hydroxylation sites is 2. The number of carbonyl (C=O) groups excluding carboxylic acids is 2. The second-order valence-electron chi connectivity index (χ2n) is 6.80. The summed E-state index contributed by atoms with van der Waals surface area (Å²) in [6.45, 7) is 7.62. The van der Waals surface area contributed by atoms with E-state index in [9.17, 15) is 9.59 Å². The van der Waals surface area contributed by atoms with Gasteiger partial charge in [-0.15, -0.1) is 0 Å². The molecule has 0 radical (unpaired) electrons. The Balaban J connectivity index is 1.43. The molecule has 2 heterocycles. The maximum atomic E-state index is 12.4. The van der Waals surface area contributed by atoms with Crippen molar-refractivity contribution in [1.82, 2.24) is 20.4 Å². The van der Waals surface area contributed by atoms with E-state index in [1.54, 1.807) is 12.0 Å². The zero-order chi connectivity index (χ0) is 19.1. The molecule has 2 aliphatic rings. The maximum Gasteiger partial charge on any atom is 0.312 e. The first-order valence-electron chi connectivity index (χ1n) is 9.57. The van der Waals surface area contributed by atoms with E-state index in [4.69, 9.17) is 4.74 Å². The van der Waals surface area contributed by atoms with Crippen LogP contribution in [0, 0.1) is 0 Å². The van der Waals surface area contributed by atoms with E-state index in [-0.39, 0.29) is 0 Å².